The first-order valence-electron chi connectivity index (χ1n) is 6.40. The van der Waals surface area contributed by atoms with E-state index in [0.717, 1.165) is 26.2 Å². The van der Waals surface area contributed by atoms with Gasteiger partial charge in [0.05, 0.1) is 6.07 Å². The van der Waals surface area contributed by atoms with Crippen LogP contribution in [0.5, 0.6) is 0 Å². The molecule has 1 atom stereocenters. The van der Waals surface area contributed by atoms with Gasteiger partial charge in [0.25, 0.3) is 0 Å². The van der Waals surface area contributed by atoms with Gasteiger partial charge in [-0.25, -0.2) is 0 Å². The molecule has 1 rings (SSSR count). The molecule has 92 valence electrons. The van der Waals surface area contributed by atoms with Gasteiger partial charge in [0.1, 0.15) is 5.54 Å². The summed E-state index contributed by atoms with van der Waals surface area (Å²) in [6, 6.07) is 2.46. The predicted octanol–water partition coefficient (Wildman–Crippen LogP) is 2.00. The molecule has 3 nitrogen and oxygen atoms in total. The minimum absolute atomic E-state index is 0.199. The van der Waals surface area contributed by atoms with Crippen molar-refractivity contribution in [2.45, 2.75) is 46.1 Å². The highest BCUT2D eigenvalue weighted by Gasteiger charge is 2.53. The largest absolute Gasteiger partial charge is 0.303 e. The Morgan fingerprint density at radius 3 is 2.31 bits per heavy atom. The molecule has 0 bridgehead atoms. The summed E-state index contributed by atoms with van der Waals surface area (Å²) < 4.78 is 0. The molecule has 1 N–H and O–H groups in total. The smallest absolute Gasteiger partial charge is 0.109 e. The number of hydrogen-bond donors (Lipinski definition) is 1. The summed E-state index contributed by atoms with van der Waals surface area (Å²) in [4.78, 5) is 2.38. The van der Waals surface area contributed by atoms with Crippen LogP contribution in [0.3, 0.4) is 0 Å². The van der Waals surface area contributed by atoms with E-state index in [9.17, 15) is 5.26 Å². The molecule has 0 aliphatic heterocycles. The minimum atomic E-state index is -0.347. The number of nitriles is 1. The average molecular weight is 223 g/mol. The molecule has 1 aliphatic rings. The van der Waals surface area contributed by atoms with Crippen LogP contribution >= 0.6 is 0 Å². The summed E-state index contributed by atoms with van der Waals surface area (Å²) in [5, 5.41) is 12.8. The Morgan fingerprint density at radius 1 is 1.38 bits per heavy atom. The maximum absolute atomic E-state index is 9.31. The Labute approximate surface area is 99.8 Å². The molecule has 0 amide bonds. The zero-order valence-corrected chi connectivity index (χ0v) is 11.1. The molecular weight excluding hydrogens is 198 g/mol. The second kappa shape index (κ2) is 5.16. The van der Waals surface area contributed by atoms with Crippen LogP contribution in [-0.2, 0) is 0 Å². The van der Waals surface area contributed by atoms with Crippen molar-refractivity contribution in [3.05, 3.63) is 0 Å². The van der Waals surface area contributed by atoms with Crippen molar-refractivity contribution in [3.63, 3.8) is 0 Å². The number of rotatable bonds is 7. The second-order valence-electron chi connectivity index (χ2n) is 5.25. The lowest BCUT2D eigenvalue weighted by Gasteiger charge is -2.31. The standard InChI is InChI=1S/C13H25N3/c1-5-16(6-2)10-9-15-13(4,11-14)12(3)7-8-12/h15H,5-10H2,1-4H3. The fourth-order valence-corrected chi connectivity index (χ4v) is 2.08. The lowest BCUT2D eigenvalue weighted by molar-refractivity contribution is 0.254. The highest BCUT2D eigenvalue weighted by atomic mass is 15.1. The lowest BCUT2D eigenvalue weighted by atomic mass is 9.85. The Bertz CT molecular complexity index is 261. The van der Waals surface area contributed by atoms with E-state index in [1.807, 2.05) is 6.92 Å². The van der Waals surface area contributed by atoms with Crippen LogP contribution < -0.4 is 5.32 Å². The van der Waals surface area contributed by atoms with E-state index >= 15 is 0 Å². The Morgan fingerprint density at radius 2 is 1.94 bits per heavy atom. The van der Waals surface area contributed by atoms with Gasteiger partial charge in [0, 0.05) is 13.1 Å². The summed E-state index contributed by atoms with van der Waals surface area (Å²) in [5.74, 6) is 0. The first-order chi connectivity index (χ1) is 7.51. The number of likely N-dealkylation sites (N-methyl/N-ethyl adjacent to an activating group) is 1. The molecule has 1 fully saturated rings. The van der Waals surface area contributed by atoms with Crippen molar-refractivity contribution in [3.8, 4) is 6.07 Å². The van der Waals surface area contributed by atoms with Gasteiger partial charge in [-0.1, -0.05) is 20.8 Å². The van der Waals surface area contributed by atoms with E-state index in [0.29, 0.717) is 0 Å². The van der Waals surface area contributed by atoms with Gasteiger partial charge in [0.15, 0.2) is 0 Å². The first kappa shape index (κ1) is 13.5. The molecular formula is C13H25N3. The maximum Gasteiger partial charge on any atom is 0.109 e. The fourth-order valence-electron chi connectivity index (χ4n) is 2.08. The zero-order valence-electron chi connectivity index (χ0n) is 11.1. The third kappa shape index (κ3) is 2.75. The molecule has 0 saturated heterocycles. The van der Waals surface area contributed by atoms with E-state index in [4.69, 9.17) is 0 Å². The second-order valence-corrected chi connectivity index (χ2v) is 5.25. The van der Waals surface area contributed by atoms with Gasteiger partial charge in [-0.05, 0) is 38.3 Å². The van der Waals surface area contributed by atoms with Crippen molar-refractivity contribution in [2.24, 2.45) is 5.41 Å². The number of nitrogens with zero attached hydrogens (tertiary/aromatic N) is 2. The molecule has 3 heteroatoms. The Kier molecular flexibility index (Phi) is 4.35. The third-order valence-electron chi connectivity index (χ3n) is 4.23. The van der Waals surface area contributed by atoms with Crippen molar-refractivity contribution in [1.29, 1.82) is 5.26 Å². The van der Waals surface area contributed by atoms with Crippen molar-refractivity contribution in [2.75, 3.05) is 26.2 Å². The molecule has 1 saturated carbocycles. The molecule has 0 heterocycles. The van der Waals surface area contributed by atoms with E-state index in [1.165, 1.54) is 12.8 Å². The van der Waals surface area contributed by atoms with Gasteiger partial charge < -0.3 is 4.90 Å². The van der Waals surface area contributed by atoms with E-state index in [1.54, 1.807) is 0 Å². The predicted molar refractivity (Wildman–Crippen MR) is 67.1 cm³/mol. The molecule has 0 aromatic heterocycles. The summed E-state index contributed by atoms with van der Waals surface area (Å²) in [6.45, 7) is 12.7. The molecule has 0 aromatic rings. The summed E-state index contributed by atoms with van der Waals surface area (Å²) in [5.41, 5.74) is -0.148. The third-order valence-corrected chi connectivity index (χ3v) is 4.23. The summed E-state index contributed by atoms with van der Waals surface area (Å²) in [6.07, 6.45) is 2.35. The van der Waals surface area contributed by atoms with Gasteiger partial charge in [-0.2, -0.15) is 5.26 Å². The first-order valence-corrected chi connectivity index (χ1v) is 6.40. The van der Waals surface area contributed by atoms with E-state index < -0.39 is 0 Å². The normalized spacial score (nSPS) is 21.5. The van der Waals surface area contributed by atoms with Crippen molar-refractivity contribution >= 4 is 0 Å². The molecule has 1 unspecified atom stereocenters. The van der Waals surface area contributed by atoms with E-state index in [-0.39, 0.29) is 11.0 Å². The molecule has 16 heavy (non-hydrogen) atoms. The lowest BCUT2D eigenvalue weighted by Crippen LogP contribution is -2.50. The molecule has 0 aromatic carbocycles. The summed E-state index contributed by atoms with van der Waals surface area (Å²) in [7, 11) is 0. The highest BCUT2D eigenvalue weighted by Crippen LogP contribution is 2.53. The average Bonchev–Trinajstić information content (AvgIpc) is 3.04. The van der Waals surface area contributed by atoms with E-state index in [2.05, 4.69) is 37.1 Å². The number of hydrogen-bond acceptors (Lipinski definition) is 3. The molecule has 1 aliphatic carbocycles. The highest BCUT2D eigenvalue weighted by molar-refractivity contribution is 5.19. The molecule has 0 spiro atoms. The topological polar surface area (TPSA) is 39.1 Å². The Balaban J connectivity index is 2.38. The van der Waals surface area contributed by atoms with Gasteiger partial charge >= 0.3 is 0 Å². The molecule has 0 radical (unpaired) electrons. The van der Waals surface area contributed by atoms with Crippen molar-refractivity contribution in [1.82, 2.24) is 10.2 Å². The van der Waals surface area contributed by atoms with Crippen LogP contribution in [-0.4, -0.2) is 36.6 Å². The van der Waals surface area contributed by atoms with Crippen LogP contribution in [0, 0.1) is 16.7 Å². The number of nitrogens with one attached hydrogen (secondary N) is 1. The van der Waals surface area contributed by atoms with Gasteiger partial charge in [0.2, 0.25) is 0 Å². The Hall–Kier alpha value is -0.590. The van der Waals surface area contributed by atoms with Gasteiger partial charge in [-0.3, -0.25) is 5.32 Å². The SMILES string of the molecule is CCN(CC)CCNC(C)(C#N)C1(C)CC1. The fraction of sp³-hybridized carbons (Fsp3) is 0.923. The zero-order chi connectivity index (χ0) is 12.2. The van der Waals surface area contributed by atoms with Gasteiger partial charge in [-0.15, -0.1) is 0 Å². The van der Waals surface area contributed by atoms with Crippen LogP contribution in [0.4, 0.5) is 0 Å². The van der Waals surface area contributed by atoms with Crippen LogP contribution in [0.1, 0.15) is 40.5 Å². The quantitative estimate of drug-likeness (QED) is 0.717. The maximum atomic E-state index is 9.31. The summed E-state index contributed by atoms with van der Waals surface area (Å²) >= 11 is 0. The van der Waals surface area contributed by atoms with Crippen LogP contribution in [0.15, 0.2) is 0 Å². The minimum Gasteiger partial charge on any atom is -0.303 e. The monoisotopic (exact) mass is 223 g/mol. The van der Waals surface area contributed by atoms with Crippen LogP contribution in [0.2, 0.25) is 0 Å². The van der Waals surface area contributed by atoms with Crippen molar-refractivity contribution < 1.29 is 0 Å². The van der Waals surface area contributed by atoms with Crippen LogP contribution in [0.25, 0.3) is 0 Å².